The lowest BCUT2D eigenvalue weighted by Crippen LogP contribution is -2.56. The second kappa shape index (κ2) is 6.52. The lowest BCUT2D eigenvalue weighted by molar-refractivity contribution is -0.118. The first-order valence-corrected chi connectivity index (χ1v) is 11.3. The minimum absolute atomic E-state index is 0.150. The molecule has 1 saturated carbocycles. The molecule has 0 unspecified atom stereocenters. The van der Waals surface area contributed by atoms with Crippen molar-refractivity contribution in [2.75, 3.05) is 13.6 Å². The van der Waals surface area contributed by atoms with Crippen LogP contribution in [0, 0.1) is 28.6 Å². The Labute approximate surface area is 174 Å². The number of piperidine rings is 1. The Bertz CT molecular complexity index is 918. The fraction of sp³-hybridized carbons (Fsp3) is 0.640. The molecule has 0 bridgehead atoms. The summed E-state index contributed by atoms with van der Waals surface area (Å²) >= 11 is 0. The van der Waals surface area contributed by atoms with E-state index in [1.165, 1.54) is 24.1 Å². The maximum atomic E-state index is 12.1. The van der Waals surface area contributed by atoms with Crippen LogP contribution >= 0.6 is 0 Å². The van der Waals surface area contributed by atoms with Crippen LogP contribution in [-0.4, -0.2) is 34.2 Å². The molecule has 1 aromatic rings. The third kappa shape index (κ3) is 2.67. The van der Waals surface area contributed by atoms with E-state index in [1.807, 2.05) is 18.5 Å². The molecular weight excluding hydrogens is 358 g/mol. The molecule has 4 heteroatoms. The van der Waals surface area contributed by atoms with Gasteiger partial charge in [0, 0.05) is 43.4 Å². The van der Waals surface area contributed by atoms with Gasteiger partial charge in [-0.25, -0.2) is 4.98 Å². The summed E-state index contributed by atoms with van der Waals surface area (Å²) in [6.45, 7) is 8.12. The molecule has 5 atom stereocenters. The smallest absolute Gasteiger partial charge is 0.157 e. The number of rotatable bonds is 2. The number of aryl methyl sites for hydroxylation is 1. The van der Waals surface area contributed by atoms with Gasteiger partial charge in [0.25, 0.3) is 0 Å². The van der Waals surface area contributed by atoms with Crippen LogP contribution in [0.2, 0.25) is 0 Å². The van der Waals surface area contributed by atoms with Crippen LogP contribution in [0.5, 0.6) is 0 Å². The average molecular weight is 392 g/mol. The highest BCUT2D eigenvalue weighted by molar-refractivity contribution is 5.91. The molecular formula is C25H33N3O. The zero-order chi connectivity index (χ0) is 20.4. The minimum Gasteiger partial charge on any atom is -0.377 e. The van der Waals surface area contributed by atoms with Gasteiger partial charge in [0.2, 0.25) is 0 Å². The summed E-state index contributed by atoms with van der Waals surface area (Å²) in [4.78, 5) is 23.9. The lowest BCUT2D eigenvalue weighted by atomic mass is 9.49. The van der Waals surface area contributed by atoms with E-state index in [0.29, 0.717) is 30.0 Å². The molecule has 0 radical (unpaired) electrons. The highest BCUT2D eigenvalue weighted by Crippen LogP contribution is 2.65. The van der Waals surface area contributed by atoms with E-state index in [4.69, 9.17) is 4.98 Å². The third-order valence-electron chi connectivity index (χ3n) is 8.83. The van der Waals surface area contributed by atoms with E-state index in [-0.39, 0.29) is 10.8 Å². The van der Waals surface area contributed by atoms with E-state index >= 15 is 0 Å². The van der Waals surface area contributed by atoms with Crippen LogP contribution in [0.4, 0.5) is 0 Å². The SMILES string of the molecule is CCc1cncc(C2=CC[C@H]3[C@@H]4CN(C)C5=CC(=O)CC[C@]5(C)[C@H]4CC[C@]23C)n1. The Morgan fingerprint density at radius 3 is 2.79 bits per heavy atom. The number of likely N-dealkylation sites (tertiary alicyclic amines) is 1. The molecule has 0 N–H and O–H groups in total. The van der Waals surface area contributed by atoms with Crippen molar-refractivity contribution in [2.45, 2.75) is 59.3 Å². The van der Waals surface area contributed by atoms with Gasteiger partial charge in [-0.2, -0.15) is 0 Å². The Kier molecular flexibility index (Phi) is 4.27. The van der Waals surface area contributed by atoms with E-state index in [2.05, 4.69) is 43.8 Å². The molecule has 4 aliphatic rings. The van der Waals surface area contributed by atoms with Crippen molar-refractivity contribution in [2.24, 2.45) is 28.6 Å². The van der Waals surface area contributed by atoms with Gasteiger partial charge < -0.3 is 4.90 Å². The van der Waals surface area contributed by atoms with Gasteiger partial charge in [-0.05, 0) is 60.8 Å². The molecule has 29 heavy (non-hydrogen) atoms. The monoisotopic (exact) mass is 391 g/mol. The summed E-state index contributed by atoms with van der Waals surface area (Å²) in [6.07, 6.45) is 14.5. The van der Waals surface area contributed by atoms with Crippen LogP contribution in [0.25, 0.3) is 5.57 Å². The minimum atomic E-state index is 0.150. The van der Waals surface area contributed by atoms with E-state index < -0.39 is 0 Å². The summed E-state index contributed by atoms with van der Waals surface area (Å²) in [5.74, 6) is 2.31. The Hall–Kier alpha value is -1.97. The number of carbonyl (C=O) groups is 1. The summed E-state index contributed by atoms with van der Waals surface area (Å²) in [5.41, 5.74) is 5.23. The summed E-state index contributed by atoms with van der Waals surface area (Å²) < 4.78 is 0. The predicted molar refractivity (Wildman–Crippen MR) is 115 cm³/mol. The molecule has 3 aliphatic carbocycles. The van der Waals surface area contributed by atoms with Gasteiger partial charge in [0.05, 0.1) is 17.6 Å². The van der Waals surface area contributed by atoms with Gasteiger partial charge in [-0.1, -0.05) is 26.8 Å². The van der Waals surface area contributed by atoms with Crippen LogP contribution in [0.1, 0.15) is 64.3 Å². The van der Waals surface area contributed by atoms with Gasteiger partial charge in [-0.3, -0.25) is 9.78 Å². The molecule has 2 fully saturated rings. The van der Waals surface area contributed by atoms with Gasteiger partial charge in [0.1, 0.15) is 0 Å². The first kappa shape index (κ1) is 19.0. The van der Waals surface area contributed by atoms with Crippen LogP contribution in [-0.2, 0) is 11.2 Å². The normalized spacial score (nSPS) is 38.7. The lowest BCUT2D eigenvalue weighted by Gasteiger charge is -2.60. The second-order valence-corrected chi connectivity index (χ2v) is 10.2. The molecule has 5 rings (SSSR count). The predicted octanol–water partition coefficient (Wildman–Crippen LogP) is 4.67. The van der Waals surface area contributed by atoms with Crippen LogP contribution < -0.4 is 0 Å². The summed E-state index contributed by atoms with van der Waals surface area (Å²) in [7, 11) is 2.20. The number of nitrogens with zero attached hydrogens (tertiary/aromatic N) is 3. The Balaban J connectivity index is 1.49. The maximum absolute atomic E-state index is 12.1. The standard InChI is InChI=1S/C25H33N3O/c1-5-16-13-26-14-22(27-16)21-7-6-19-18-15-28(4)23-12-17(29)8-10-25(23,3)20(18)9-11-24(19,21)2/h7,12-14,18-20H,5-6,8-11,15H2,1-4H3/t18-,19-,20-,24-,25+/m0/s1. The zero-order valence-corrected chi connectivity index (χ0v) is 18.2. The third-order valence-corrected chi connectivity index (χ3v) is 8.83. The molecule has 0 amide bonds. The molecule has 1 aliphatic heterocycles. The van der Waals surface area contributed by atoms with Crippen molar-refractivity contribution in [3.05, 3.63) is 41.6 Å². The van der Waals surface area contributed by atoms with Gasteiger partial charge in [-0.15, -0.1) is 0 Å². The molecule has 1 aromatic heterocycles. The fourth-order valence-corrected chi connectivity index (χ4v) is 7.24. The van der Waals surface area contributed by atoms with E-state index in [1.54, 1.807) is 0 Å². The number of allylic oxidation sites excluding steroid dienone is 4. The summed E-state index contributed by atoms with van der Waals surface area (Å²) in [6, 6.07) is 0. The highest BCUT2D eigenvalue weighted by Gasteiger charge is 2.58. The van der Waals surface area contributed by atoms with Crippen molar-refractivity contribution >= 4 is 11.4 Å². The molecule has 154 valence electrons. The van der Waals surface area contributed by atoms with Crippen molar-refractivity contribution in [1.82, 2.24) is 14.9 Å². The number of carbonyl (C=O) groups excluding carboxylic acids is 1. The molecule has 0 aromatic carbocycles. The maximum Gasteiger partial charge on any atom is 0.157 e. The zero-order valence-electron chi connectivity index (χ0n) is 18.2. The first-order valence-electron chi connectivity index (χ1n) is 11.3. The number of ketones is 1. The molecule has 2 heterocycles. The largest absolute Gasteiger partial charge is 0.377 e. The van der Waals surface area contributed by atoms with E-state index in [9.17, 15) is 4.79 Å². The van der Waals surface area contributed by atoms with Crippen molar-refractivity contribution in [1.29, 1.82) is 0 Å². The van der Waals surface area contributed by atoms with Crippen molar-refractivity contribution in [3.8, 4) is 0 Å². The van der Waals surface area contributed by atoms with Crippen molar-refractivity contribution in [3.63, 3.8) is 0 Å². The topological polar surface area (TPSA) is 46.1 Å². The quantitative estimate of drug-likeness (QED) is 0.735. The van der Waals surface area contributed by atoms with Gasteiger partial charge >= 0.3 is 0 Å². The number of fused-ring (bicyclic) bond motifs is 5. The molecule has 1 saturated heterocycles. The average Bonchev–Trinajstić information content (AvgIpc) is 3.07. The molecule has 4 nitrogen and oxygen atoms in total. The molecule has 0 spiro atoms. The number of hydrogen-bond donors (Lipinski definition) is 0. The number of aromatic nitrogens is 2. The first-order chi connectivity index (χ1) is 13.9. The number of hydrogen-bond acceptors (Lipinski definition) is 4. The highest BCUT2D eigenvalue weighted by atomic mass is 16.1. The van der Waals surface area contributed by atoms with Crippen molar-refractivity contribution < 1.29 is 4.79 Å². The van der Waals surface area contributed by atoms with Crippen LogP contribution in [0.15, 0.2) is 30.2 Å². The Morgan fingerprint density at radius 2 is 2.00 bits per heavy atom. The second-order valence-electron chi connectivity index (χ2n) is 10.2. The summed E-state index contributed by atoms with van der Waals surface area (Å²) in [5, 5.41) is 0. The van der Waals surface area contributed by atoms with Gasteiger partial charge in [0.15, 0.2) is 5.78 Å². The van der Waals surface area contributed by atoms with E-state index in [0.717, 1.165) is 37.2 Å². The Morgan fingerprint density at radius 1 is 1.17 bits per heavy atom. The van der Waals surface area contributed by atoms with Crippen LogP contribution in [0.3, 0.4) is 0 Å². The fourth-order valence-electron chi connectivity index (χ4n) is 7.24.